The largest absolute Gasteiger partial charge is 0.416 e. The first-order chi connectivity index (χ1) is 11.5. The summed E-state index contributed by atoms with van der Waals surface area (Å²) in [4.78, 5) is 11.1. The molecule has 1 fully saturated rings. The Morgan fingerprint density at radius 2 is 1.83 bits per heavy atom. The summed E-state index contributed by atoms with van der Waals surface area (Å²) in [5.74, 6) is 0.736. The highest BCUT2D eigenvalue weighted by Crippen LogP contribution is 2.35. The molecule has 124 valence electrons. The van der Waals surface area contributed by atoms with E-state index in [0.717, 1.165) is 44.1 Å². The van der Waals surface area contributed by atoms with Gasteiger partial charge in [-0.1, -0.05) is 6.07 Å². The number of piperazine rings is 1. The van der Waals surface area contributed by atoms with Crippen LogP contribution in [0.25, 0.3) is 21.8 Å². The van der Waals surface area contributed by atoms with Gasteiger partial charge in [0.2, 0.25) is 0 Å². The lowest BCUT2D eigenvalue weighted by molar-refractivity contribution is -0.137. The van der Waals surface area contributed by atoms with E-state index in [1.54, 1.807) is 18.3 Å². The zero-order valence-corrected chi connectivity index (χ0v) is 12.8. The Balaban J connectivity index is 1.98. The second-order valence-electron chi connectivity index (χ2n) is 5.80. The van der Waals surface area contributed by atoms with E-state index in [1.165, 1.54) is 6.07 Å². The van der Waals surface area contributed by atoms with Crippen LogP contribution in [-0.4, -0.2) is 36.1 Å². The number of fused-ring (bicyclic) bond motifs is 3. The highest BCUT2D eigenvalue weighted by Gasteiger charge is 2.31. The molecule has 0 atom stereocenters. The maximum atomic E-state index is 13.0. The molecular formula is C17H15F3N4. The van der Waals surface area contributed by atoms with E-state index in [9.17, 15) is 13.2 Å². The molecule has 0 unspecified atom stereocenters. The molecule has 3 heterocycles. The van der Waals surface area contributed by atoms with E-state index in [0.29, 0.717) is 21.8 Å². The van der Waals surface area contributed by atoms with Crippen molar-refractivity contribution in [3.05, 3.63) is 42.1 Å². The summed E-state index contributed by atoms with van der Waals surface area (Å²) >= 11 is 0. The molecule has 1 aliphatic heterocycles. The Labute approximate surface area is 136 Å². The molecule has 3 aromatic rings. The Morgan fingerprint density at radius 3 is 2.58 bits per heavy atom. The summed E-state index contributed by atoms with van der Waals surface area (Å²) in [5, 5.41) is 4.45. The van der Waals surface area contributed by atoms with Crippen LogP contribution in [0, 0.1) is 0 Å². The molecule has 4 nitrogen and oxygen atoms in total. The predicted octanol–water partition coefficient (Wildman–Crippen LogP) is 3.21. The maximum Gasteiger partial charge on any atom is 0.416 e. The van der Waals surface area contributed by atoms with E-state index < -0.39 is 11.7 Å². The summed E-state index contributed by atoms with van der Waals surface area (Å²) in [6.07, 6.45) is -2.73. The molecule has 0 aliphatic carbocycles. The topological polar surface area (TPSA) is 41.1 Å². The molecule has 0 bridgehead atoms. The van der Waals surface area contributed by atoms with Gasteiger partial charge >= 0.3 is 6.18 Å². The predicted molar refractivity (Wildman–Crippen MR) is 87.1 cm³/mol. The van der Waals surface area contributed by atoms with Gasteiger partial charge in [0, 0.05) is 43.1 Å². The molecular weight excluding hydrogens is 317 g/mol. The van der Waals surface area contributed by atoms with Gasteiger partial charge in [0.1, 0.15) is 5.52 Å². The SMILES string of the molecule is FC(F)(F)c1ccc2nc(N3CCNCC3)c3ncccc3c2c1. The van der Waals surface area contributed by atoms with Crippen LogP contribution in [0.15, 0.2) is 36.5 Å². The number of hydrogen-bond donors (Lipinski definition) is 1. The number of pyridine rings is 2. The highest BCUT2D eigenvalue weighted by molar-refractivity contribution is 6.08. The number of aromatic nitrogens is 2. The maximum absolute atomic E-state index is 13.0. The van der Waals surface area contributed by atoms with Crippen molar-refractivity contribution in [1.82, 2.24) is 15.3 Å². The van der Waals surface area contributed by atoms with Crippen molar-refractivity contribution in [3.63, 3.8) is 0 Å². The number of anilines is 1. The lowest BCUT2D eigenvalue weighted by atomic mass is 10.1. The molecule has 1 aliphatic rings. The monoisotopic (exact) mass is 332 g/mol. The van der Waals surface area contributed by atoms with Gasteiger partial charge < -0.3 is 10.2 Å². The molecule has 1 aromatic carbocycles. The first kappa shape index (κ1) is 15.1. The van der Waals surface area contributed by atoms with Crippen molar-refractivity contribution >= 4 is 27.6 Å². The molecule has 1 saturated heterocycles. The Hall–Kier alpha value is -2.41. The Kier molecular flexibility index (Phi) is 3.53. The lowest BCUT2D eigenvalue weighted by Gasteiger charge is -2.29. The van der Waals surface area contributed by atoms with Gasteiger partial charge in [0.25, 0.3) is 0 Å². The van der Waals surface area contributed by atoms with E-state index in [1.807, 2.05) is 0 Å². The van der Waals surface area contributed by atoms with E-state index in [2.05, 4.69) is 20.2 Å². The average molecular weight is 332 g/mol. The van der Waals surface area contributed by atoms with Crippen LogP contribution >= 0.6 is 0 Å². The van der Waals surface area contributed by atoms with Crippen molar-refractivity contribution in [2.45, 2.75) is 6.18 Å². The summed E-state index contributed by atoms with van der Waals surface area (Å²) in [7, 11) is 0. The van der Waals surface area contributed by atoms with Crippen LogP contribution in [-0.2, 0) is 6.18 Å². The molecule has 4 rings (SSSR count). The number of nitrogens with one attached hydrogen (secondary N) is 1. The number of nitrogens with zero attached hydrogens (tertiary/aromatic N) is 3. The fraction of sp³-hybridized carbons (Fsp3) is 0.294. The van der Waals surface area contributed by atoms with Gasteiger partial charge in [-0.2, -0.15) is 13.2 Å². The molecule has 2 aromatic heterocycles. The zero-order chi connectivity index (χ0) is 16.7. The second kappa shape index (κ2) is 5.59. The van der Waals surface area contributed by atoms with Crippen molar-refractivity contribution in [2.24, 2.45) is 0 Å². The molecule has 7 heteroatoms. The molecule has 0 spiro atoms. The lowest BCUT2D eigenvalue weighted by Crippen LogP contribution is -2.44. The van der Waals surface area contributed by atoms with Crippen LogP contribution < -0.4 is 10.2 Å². The first-order valence-electron chi connectivity index (χ1n) is 7.75. The van der Waals surface area contributed by atoms with Crippen LogP contribution in [0.1, 0.15) is 5.56 Å². The third-order valence-electron chi connectivity index (χ3n) is 4.28. The normalized spacial score (nSPS) is 16.0. The van der Waals surface area contributed by atoms with Crippen LogP contribution in [0.4, 0.5) is 19.0 Å². The summed E-state index contributed by atoms with van der Waals surface area (Å²) in [5.41, 5.74) is 0.528. The van der Waals surface area contributed by atoms with Gasteiger partial charge in [-0.25, -0.2) is 4.98 Å². The van der Waals surface area contributed by atoms with Gasteiger partial charge in [-0.05, 0) is 24.3 Å². The molecule has 1 N–H and O–H groups in total. The summed E-state index contributed by atoms with van der Waals surface area (Å²) in [6.45, 7) is 3.29. The fourth-order valence-corrected chi connectivity index (χ4v) is 3.09. The minimum Gasteiger partial charge on any atom is -0.352 e. The van der Waals surface area contributed by atoms with Crippen molar-refractivity contribution in [2.75, 3.05) is 31.1 Å². The minimum absolute atomic E-state index is 0.479. The highest BCUT2D eigenvalue weighted by atomic mass is 19.4. The van der Waals surface area contributed by atoms with E-state index >= 15 is 0 Å². The van der Waals surface area contributed by atoms with Crippen LogP contribution in [0.5, 0.6) is 0 Å². The number of hydrogen-bond acceptors (Lipinski definition) is 4. The Bertz CT molecular complexity index is 901. The average Bonchev–Trinajstić information content (AvgIpc) is 2.60. The van der Waals surface area contributed by atoms with Gasteiger partial charge in [0.05, 0.1) is 11.1 Å². The van der Waals surface area contributed by atoms with Gasteiger partial charge in [-0.3, -0.25) is 4.98 Å². The Morgan fingerprint density at radius 1 is 1.04 bits per heavy atom. The van der Waals surface area contributed by atoms with Crippen LogP contribution in [0.3, 0.4) is 0 Å². The zero-order valence-electron chi connectivity index (χ0n) is 12.8. The van der Waals surface area contributed by atoms with Crippen molar-refractivity contribution in [3.8, 4) is 0 Å². The van der Waals surface area contributed by atoms with Gasteiger partial charge in [0.15, 0.2) is 5.82 Å². The van der Waals surface area contributed by atoms with E-state index in [-0.39, 0.29) is 0 Å². The van der Waals surface area contributed by atoms with Crippen molar-refractivity contribution < 1.29 is 13.2 Å². The first-order valence-corrected chi connectivity index (χ1v) is 7.75. The summed E-state index contributed by atoms with van der Waals surface area (Å²) < 4.78 is 39.1. The molecule has 0 amide bonds. The number of alkyl halides is 3. The summed E-state index contributed by atoms with van der Waals surface area (Å²) in [6, 6.07) is 7.23. The standard InChI is InChI=1S/C17H15F3N4/c18-17(19,20)11-3-4-14-13(10-11)12-2-1-5-22-15(12)16(23-14)24-8-6-21-7-9-24/h1-5,10,21H,6-9H2. The third-order valence-corrected chi connectivity index (χ3v) is 4.28. The molecule has 0 saturated carbocycles. The number of rotatable bonds is 1. The molecule has 0 radical (unpaired) electrons. The fourth-order valence-electron chi connectivity index (χ4n) is 3.09. The van der Waals surface area contributed by atoms with Crippen LogP contribution in [0.2, 0.25) is 0 Å². The molecule has 24 heavy (non-hydrogen) atoms. The smallest absolute Gasteiger partial charge is 0.352 e. The second-order valence-corrected chi connectivity index (χ2v) is 5.80. The van der Waals surface area contributed by atoms with Gasteiger partial charge in [-0.15, -0.1) is 0 Å². The third kappa shape index (κ3) is 2.54. The quantitative estimate of drug-likeness (QED) is 0.695. The number of benzene rings is 1. The van der Waals surface area contributed by atoms with E-state index in [4.69, 9.17) is 0 Å². The number of halogens is 3. The minimum atomic E-state index is -4.38. The van der Waals surface area contributed by atoms with Crippen molar-refractivity contribution in [1.29, 1.82) is 0 Å².